The molecule has 17 nitrogen and oxygen atoms in total. The second kappa shape index (κ2) is 72.6. The van der Waals surface area contributed by atoms with Gasteiger partial charge in [-0.3, -0.25) is 37.3 Å². The van der Waals surface area contributed by atoms with Gasteiger partial charge >= 0.3 is 39.5 Å². The van der Waals surface area contributed by atoms with Crippen molar-refractivity contribution in [2.24, 2.45) is 11.8 Å². The fraction of sp³-hybridized carbons (Fsp3) is 0.951. The van der Waals surface area contributed by atoms with E-state index in [1.165, 1.54) is 238 Å². The summed E-state index contributed by atoms with van der Waals surface area (Å²) in [6, 6.07) is 0. The molecule has 0 saturated carbocycles. The molecule has 0 amide bonds. The number of aliphatic hydroxyl groups excluding tert-OH is 1. The Morgan fingerprint density at radius 2 is 0.460 bits per heavy atom. The van der Waals surface area contributed by atoms with Gasteiger partial charge in [0.1, 0.15) is 19.3 Å². The van der Waals surface area contributed by atoms with Crippen LogP contribution < -0.4 is 0 Å². The van der Waals surface area contributed by atoms with Crippen molar-refractivity contribution >= 4 is 39.5 Å². The molecule has 0 bridgehead atoms. The minimum atomic E-state index is -4.96. The van der Waals surface area contributed by atoms with Crippen molar-refractivity contribution in [2.45, 2.75) is 445 Å². The van der Waals surface area contributed by atoms with Crippen LogP contribution in [0.2, 0.25) is 0 Å². The van der Waals surface area contributed by atoms with Gasteiger partial charge in [0, 0.05) is 25.7 Å². The van der Waals surface area contributed by atoms with Gasteiger partial charge in [-0.15, -0.1) is 0 Å². The van der Waals surface area contributed by atoms with Gasteiger partial charge in [-0.2, -0.15) is 0 Å². The number of hydrogen-bond donors (Lipinski definition) is 3. The van der Waals surface area contributed by atoms with Gasteiger partial charge in [-0.1, -0.05) is 375 Å². The minimum Gasteiger partial charge on any atom is -0.462 e. The van der Waals surface area contributed by atoms with Gasteiger partial charge in [0.25, 0.3) is 0 Å². The average molecular weight is 1470 g/mol. The number of phosphoric acid groups is 2. The molecular weight excluding hydrogens is 1310 g/mol. The lowest BCUT2D eigenvalue weighted by molar-refractivity contribution is -0.161. The van der Waals surface area contributed by atoms with Gasteiger partial charge < -0.3 is 33.8 Å². The molecule has 0 saturated heterocycles. The first-order valence-corrected chi connectivity index (χ1v) is 45.0. The van der Waals surface area contributed by atoms with Crippen LogP contribution in [-0.2, 0) is 65.4 Å². The van der Waals surface area contributed by atoms with E-state index < -0.39 is 97.5 Å². The number of aliphatic hydroxyl groups is 1. The predicted octanol–water partition coefficient (Wildman–Crippen LogP) is 24.3. The second-order valence-corrected chi connectivity index (χ2v) is 33.0. The van der Waals surface area contributed by atoms with Crippen molar-refractivity contribution < 1.29 is 80.2 Å². The molecule has 100 heavy (non-hydrogen) atoms. The molecule has 19 heteroatoms. The number of rotatable bonds is 80. The molecule has 594 valence electrons. The molecule has 0 spiro atoms. The fourth-order valence-corrected chi connectivity index (χ4v) is 14.1. The Kier molecular flexibility index (Phi) is 71.2. The van der Waals surface area contributed by atoms with Crippen molar-refractivity contribution in [1.29, 1.82) is 0 Å². The smallest absolute Gasteiger partial charge is 0.462 e. The summed E-state index contributed by atoms with van der Waals surface area (Å²) in [7, 11) is -9.92. The van der Waals surface area contributed by atoms with Crippen LogP contribution in [0.1, 0.15) is 427 Å². The lowest BCUT2D eigenvalue weighted by Gasteiger charge is -2.21. The Morgan fingerprint density at radius 1 is 0.270 bits per heavy atom. The quantitative estimate of drug-likeness (QED) is 0.0222. The molecule has 0 radical (unpaired) electrons. The van der Waals surface area contributed by atoms with E-state index in [-0.39, 0.29) is 25.7 Å². The van der Waals surface area contributed by atoms with E-state index in [4.69, 9.17) is 37.0 Å². The van der Waals surface area contributed by atoms with Crippen LogP contribution in [0.15, 0.2) is 0 Å². The summed E-state index contributed by atoms with van der Waals surface area (Å²) in [6.45, 7) is 9.62. The zero-order chi connectivity index (χ0) is 73.5. The van der Waals surface area contributed by atoms with E-state index in [9.17, 15) is 43.2 Å². The highest BCUT2D eigenvalue weighted by molar-refractivity contribution is 7.47. The highest BCUT2D eigenvalue weighted by Gasteiger charge is 2.30. The standard InChI is InChI=1S/C81H158O17P2/c1-7-9-11-13-15-17-18-19-20-21-22-23-24-25-26-27-30-36-41-47-53-59-65-80(85)98-77(70-92-79(84)64-58-52-46-40-35-31-28-29-33-38-43-49-55-61-73(3)4)72-96-100(89,90)94-68-75(82)67-93-99(87,88)95-71-76(69-91-78(83)63-57-51-45-16-14-12-10-8-2)97-81(86)66-60-54-48-42-37-32-34-39-44-50-56-62-74(5)6/h73-77,82H,7-72H2,1-6H3,(H,87,88)(H,89,90)/t75-,76+,77+/m0/s1. The number of hydrogen-bond acceptors (Lipinski definition) is 15. The monoisotopic (exact) mass is 1470 g/mol. The zero-order valence-electron chi connectivity index (χ0n) is 65.5. The number of esters is 4. The van der Waals surface area contributed by atoms with Crippen molar-refractivity contribution in [2.75, 3.05) is 39.6 Å². The minimum absolute atomic E-state index is 0.106. The molecule has 0 aliphatic heterocycles. The van der Waals surface area contributed by atoms with Crippen molar-refractivity contribution in [1.82, 2.24) is 0 Å². The first kappa shape index (κ1) is 98.1. The number of ether oxygens (including phenoxy) is 4. The normalized spacial score (nSPS) is 13.9. The summed E-state index contributed by atoms with van der Waals surface area (Å²) in [4.78, 5) is 72.9. The maximum absolute atomic E-state index is 13.1. The predicted molar refractivity (Wildman–Crippen MR) is 409 cm³/mol. The second-order valence-electron chi connectivity index (χ2n) is 30.1. The Bertz CT molecular complexity index is 1920. The van der Waals surface area contributed by atoms with Crippen molar-refractivity contribution in [3.05, 3.63) is 0 Å². The molecule has 2 unspecified atom stereocenters. The van der Waals surface area contributed by atoms with E-state index in [2.05, 4.69) is 41.5 Å². The van der Waals surface area contributed by atoms with Crippen LogP contribution in [-0.4, -0.2) is 96.7 Å². The molecule has 0 heterocycles. The molecular formula is C81H158O17P2. The van der Waals surface area contributed by atoms with Crippen LogP contribution in [0, 0.1) is 11.8 Å². The molecule has 0 aromatic heterocycles. The Balaban J connectivity index is 5.18. The third-order valence-corrected chi connectivity index (χ3v) is 20.9. The van der Waals surface area contributed by atoms with E-state index in [0.29, 0.717) is 25.7 Å². The highest BCUT2D eigenvalue weighted by atomic mass is 31.2. The van der Waals surface area contributed by atoms with E-state index in [0.717, 1.165) is 108 Å². The summed E-state index contributed by atoms with van der Waals surface area (Å²) in [5, 5.41) is 10.6. The lowest BCUT2D eigenvalue weighted by atomic mass is 10.0. The maximum Gasteiger partial charge on any atom is 0.472 e. The van der Waals surface area contributed by atoms with Crippen LogP contribution in [0.25, 0.3) is 0 Å². The summed E-state index contributed by atoms with van der Waals surface area (Å²) in [5.74, 6) is -0.556. The van der Waals surface area contributed by atoms with Gasteiger partial charge in [0.05, 0.1) is 26.4 Å². The maximum atomic E-state index is 13.1. The summed E-state index contributed by atoms with van der Waals surface area (Å²) < 4.78 is 68.6. The fourth-order valence-electron chi connectivity index (χ4n) is 12.5. The van der Waals surface area contributed by atoms with Gasteiger partial charge in [0.15, 0.2) is 12.2 Å². The van der Waals surface area contributed by atoms with Gasteiger partial charge in [-0.05, 0) is 37.5 Å². The first-order chi connectivity index (χ1) is 48.4. The third kappa shape index (κ3) is 74.3. The Morgan fingerprint density at radius 3 is 0.680 bits per heavy atom. The summed E-state index contributed by atoms with van der Waals surface area (Å²) >= 11 is 0. The molecule has 5 atom stereocenters. The number of unbranched alkanes of at least 4 members (excludes halogenated alkanes) is 50. The van der Waals surface area contributed by atoms with E-state index >= 15 is 0 Å². The zero-order valence-corrected chi connectivity index (χ0v) is 67.3. The van der Waals surface area contributed by atoms with Crippen LogP contribution >= 0.6 is 15.6 Å². The lowest BCUT2D eigenvalue weighted by Crippen LogP contribution is -2.30. The molecule has 0 aromatic rings. The van der Waals surface area contributed by atoms with Crippen LogP contribution in [0.4, 0.5) is 0 Å². The molecule has 0 aliphatic carbocycles. The van der Waals surface area contributed by atoms with Crippen LogP contribution in [0.3, 0.4) is 0 Å². The van der Waals surface area contributed by atoms with Gasteiger partial charge in [-0.25, -0.2) is 9.13 Å². The molecule has 0 rings (SSSR count). The molecule has 0 fully saturated rings. The summed E-state index contributed by atoms with van der Waals surface area (Å²) in [6.07, 6.45) is 62.6. The number of phosphoric ester groups is 2. The summed E-state index contributed by atoms with van der Waals surface area (Å²) in [5.41, 5.74) is 0. The number of carbonyl (C=O) groups excluding carboxylic acids is 4. The van der Waals surface area contributed by atoms with Crippen molar-refractivity contribution in [3.63, 3.8) is 0 Å². The average Bonchev–Trinajstić information content (AvgIpc) is 0.944. The van der Waals surface area contributed by atoms with E-state index in [1.54, 1.807) is 0 Å². The molecule has 3 N–H and O–H groups in total. The van der Waals surface area contributed by atoms with Gasteiger partial charge in [0.2, 0.25) is 0 Å². The van der Waals surface area contributed by atoms with Crippen LogP contribution in [0.5, 0.6) is 0 Å². The number of carbonyl (C=O) groups is 4. The highest BCUT2D eigenvalue weighted by Crippen LogP contribution is 2.45. The Hall–Kier alpha value is -1.94. The molecule has 0 aromatic carbocycles. The van der Waals surface area contributed by atoms with E-state index in [1.807, 2.05) is 0 Å². The van der Waals surface area contributed by atoms with Crippen molar-refractivity contribution in [3.8, 4) is 0 Å². The topological polar surface area (TPSA) is 237 Å². The molecule has 0 aliphatic rings. The largest absolute Gasteiger partial charge is 0.472 e. The third-order valence-electron chi connectivity index (χ3n) is 19.0. The SMILES string of the molecule is CCCCCCCCCCCCCCCCCCCCCCCCC(=O)O[C@H](COC(=O)CCCCCCCCCCCCCCCC(C)C)COP(=O)(O)OC[C@@H](O)COP(=O)(O)OC[C@@H](COC(=O)CCCCCCCCCC)OC(=O)CCCCCCCCCCCCCC(C)C. The first-order valence-electron chi connectivity index (χ1n) is 42.0. The Labute approximate surface area is 613 Å².